The average Bonchev–Trinajstić information content (AvgIpc) is 3.18. The molecule has 7 heteroatoms. The first-order chi connectivity index (χ1) is 15.6. The van der Waals surface area contributed by atoms with Crippen molar-refractivity contribution in [2.24, 2.45) is 0 Å². The third-order valence-electron chi connectivity index (χ3n) is 6.33. The molecular formula is C26H26FN3O3. The van der Waals surface area contributed by atoms with Crippen LogP contribution in [0.5, 0.6) is 0 Å². The second kappa shape index (κ2) is 8.31. The Labute approximate surface area is 192 Å². The van der Waals surface area contributed by atoms with E-state index in [4.69, 9.17) is 0 Å². The maximum atomic E-state index is 13.2. The van der Waals surface area contributed by atoms with Gasteiger partial charge < -0.3 is 9.88 Å². The maximum absolute atomic E-state index is 13.2. The summed E-state index contributed by atoms with van der Waals surface area (Å²) in [6, 6.07) is 14.8. The predicted octanol–water partition coefficient (Wildman–Crippen LogP) is 4.25. The van der Waals surface area contributed by atoms with Crippen molar-refractivity contribution >= 4 is 17.7 Å². The molecule has 0 saturated carbocycles. The van der Waals surface area contributed by atoms with Crippen molar-refractivity contribution in [1.29, 1.82) is 0 Å². The van der Waals surface area contributed by atoms with Crippen LogP contribution >= 0.6 is 0 Å². The summed E-state index contributed by atoms with van der Waals surface area (Å²) in [5, 5.41) is 2.74. The molecule has 1 aliphatic heterocycles. The SMILES string of the molecule is Cc1ccc(C2(C)NC(=O)N(CC(=O)c3cc(C)n(Cc4ccc(F)cc4)c3C)C2=O)cc1. The molecule has 0 spiro atoms. The molecule has 0 radical (unpaired) electrons. The number of rotatable bonds is 6. The van der Waals surface area contributed by atoms with Crippen molar-refractivity contribution in [3.05, 3.63) is 94.1 Å². The number of nitrogens with one attached hydrogen (secondary N) is 1. The number of hydrogen-bond donors (Lipinski definition) is 1. The zero-order valence-corrected chi connectivity index (χ0v) is 19.1. The maximum Gasteiger partial charge on any atom is 0.325 e. The van der Waals surface area contributed by atoms with E-state index in [9.17, 15) is 18.8 Å². The number of aromatic nitrogens is 1. The molecule has 1 atom stereocenters. The van der Waals surface area contributed by atoms with E-state index in [1.165, 1.54) is 12.1 Å². The Morgan fingerprint density at radius 1 is 1.00 bits per heavy atom. The van der Waals surface area contributed by atoms with Crippen LogP contribution in [0.15, 0.2) is 54.6 Å². The van der Waals surface area contributed by atoms with Crippen molar-refractivity contribution in [3.63, 3.8) is 0 Å². The molecule has 1 fully saturated rings. The number of amides is 3. The summed E-state index contributed by atoms with van der Waals surface area (Å²) < 4.78 is 15.2. The largest absolute Gasteiger partial charge is 0.344 e. The van der Waals surface area contributed by atoms with Gasteiger partial charge in [-0.3, -0.25) is 14.5 Å². The van der Waals surface area contributed by atoms with Gasteiger partial charge in [0, 0.05) is 23.5 Å². The molecule has 170 valence electrons. The normalized spacial score (nSPS) is 18.0. The fourth-order valence-corrected chi connectivity index (χ4v) is 4.25. The van der Waals surface area contributed by atoms with Gasteiger partial charge in [-0.1, -0.05) is 42.0 Å². The highest BCUT2D eigenvalue weighted by Gasteiger charge is 2.49. The molecule has 4 rings (SSSR count). The third-order valence-corrected chi connectivity index (χ3v) is 6.33. The lowest BCUT2D eigenvalue weighted by Crippen LogP contribution is -2.41. The number of hydrogen-bond acceptors (Lipinski definition) is 3. The van der Waals surface area contributed by atoms with Crippen molar-refractivity contribution < 1.29 is 18.8 Å². The molecular weight excluding hydrogens is 421 g/mol. The van der Waals surface area contributed by atoms with Gasteiger partial charge in [-0.15, -0.1) is 0 Å². The molecule has 6 nitrogen and oxygen atoms in total. The summed E-state index contributed by atoms with van der Waals surface area (Å²) in [4.78, 5) is 39.9. The zero-order valence-electron chi connectivity index (χ0n) is 19.1. The van der Waals surface area contributed by atoms with E-state index in [1.807, 2.05) is 49.6 Å². The minimum Gasteiger partial charge on any atom is -0.344 e. The van der Waals surface area contributed by atoms with Crippen LogP contribution in [0, 0.1) is 26.6 Å². The van der Waals surface area contributed by atoms with E-state index >= 15 is 0 Å². The average molecular weight is 448 g/mol. The number of halogens is 1. The predicted molar refractivity (Wildman–Crippen MR) is 123 cm³/mol. The second-order valence-corrected chi connectivity index (χ2v) is 8.73. The Morgan fingerprint density at radius 2 is 1.64 bits per heavy atom. The highest BCUT2D eigenvalue weighted by molar-refractivity contribution is 6.11. The van der Waals surface area contributed by atoms with Gasteiger partial charge in [-0.25, -0.2) is 9.18 Å². The van der Waals surface area contributed by atoms with Crippen LogP contribution in [0.4, 0.5) is 9.18 Å². The molecule has 1 aromatic heterocycles. The lowest BCUT2D eigenvalue weighted by Gasteiger charge is -2.22. The monoisotopic (exact) mass is 447 g/mol. The lowest BCUT2D eigenvalue weighted by atomic mass is 9.91. The summed E-state index contributed by atoms with van der Waals surface area (Å²) >= 11 is 0. The molecule has 3 aromatic rings. The highest BCUT2D eigenvalue weighted by atomic mass is 19.1. The Morgan fingerprint density at radius 3 is 2.27 bits per heavy atom. The van der Waals surface area contributed by atoms with Crippen LogP contribution in [0.2, 0.25) is 0 Å². The van der Waals surface area contributed by atoms with Crippen LogP contribution in [0.25, 0.3) is 0 Å². The highest BCUT2D eigenvalue weighted by Crippen LogP contribution is 2.29. The topological polar surface area (TPSA) is 71.4 Å². The van der Waals surface area contributed by atoms with E-state index in [2.05, 4.69) is 5.32 Å². The summed E-state index contributed by atoms with van der Waals surface area (Å²) in [7, 11) is 0. The number of carbonyl (C=O) groups is 3. The third kappa shape index (κ3) is 4.06. The summed E-state index contributed by atoms with van der Waals surface area (Å²) in [6.07, 6.45) is 0. The van der Waals surface area contributed by atoms with Gasteiger partial charge in [0.15, 0.2) is 5.78 Å². The molecule has 0 aliphatic carbocycles. The van der Waals surface area contributed by atoms with Crippen LogP contribution in [0.3, 0.4) is 0 Å². The van der Waals surface area contributed by atoms with Gasteiger partial charge in [0.1, 0.15) is 11.4 Å². The minimum atomic E-state index is -1.22. The smallest absolute Gasteiger partial charge is 0.325 e. The van der Waals surface area contributed by atoms with Gasteiger partial charge in [-0.05, 0) is 57.0 Å². The molecule has 2 aromatic carbocycles. The Hall–Kier alpha value is -3.74. The number of urea groups is 1. The molecule has 3 amide bonds. The second-order valence-electron chi connectivity index (χ2n) is 8.73. The van der Waals surface area contributed by atoms with Gasteiger partial charge >= 0.3 is 6.03 Å². The van der Waals surface area contributed by atoms with Crippen LogP contribution in [0.1, 0.15) is 45.4 Å². The number of aryl methyl sites for hydroxylation is 2. The van der Waals surface area contributed by atoms with Gasteiger partial charge in [0.25, 0.3) is 5.91 Å². The first kappa shape index (κ1) is 22.5. The van der Waals surface area contributed by atoms with Crippen LogP contribution < -0.4 is 5.32 Å². The first-order valence-corrected chi connectivity index (χ1v) is 10.8. The van der Waals surface area contributed by atoms with E-state index in [0.717, 1.165) is 27.4 Å². The van der Waals surface area contributed by atoms with Crippen molar-refractivity contribution in [3.8, 4) is 0 Å². The number of nitrogens with zero attached hydrogens (tertiary/aromatic N) is 2. The molecule has 33 heavy (non-hydrogen) atoms. The Bertz CT molecular complexity index is 1250. The Balaban J connectivity index is 1.55. The van der Waals surface area contributed by atoms with E-state index in [0.29, 0.717) is 17.7 Å². The van der Waals surface area contributed by atoms with Crippen molar-refractivity contribution in [2.75, 3.05) is 6.54 Å². The molecule has 1 aliphatic rings. The fraction of sp³-hybridized carbons (Fsp3) is 0.269. The van der Waals surface area contributed by atoms with E-state index in [-0.39, 0.29) is 18.1 Å². The number of carbonyl (C=O) groups excluding carboxylic acids is 3. The number of Topliss-reactive ketones (excluding diaryl/α,β-unsaturated/α-hetero) is 1. The number of ketones is 1. The minimum absolute atomic E-state index is 0.304. The molecule has 1 N–H and O–H groups in total. The van der Waals surface area contributed by atoms with Gasteiger partial charge in [0.05, 0.1) is 6.54 Å². The first-order valence-electron chi connectivity index (χ1n) is 10.8. The van der Waals surface area contributed by atoms with Crippen molar-refractivity contribution in [2.45, 2.75) is 39.8 Å². The quantitative estimate of drug-likeness (QED) is 0.454. The Kier molecular flexibility index (Phi) is 5.66. The number of benzene rings is 2. The van der Waals surface area contributed by atoms with Crippen LogP contribution in [-0.2, 0) is 16.9 Å². The molecule has 1 saturated heterocycles. The lowest BCUT2D eigenvalue weighted by molar-refractivity contribution is -0.130. The van der Waals surface area contributed by atoms with Gasteiger partial charge in [-0.2, -0.15) is 0 Å². The standard InChI is InChI=1S/C26H26FN3O3/c1-16-5-9-20(10-6-16)26(4)24(32)30(25(33)28-26)15-23(31)22-13-17(2)29(18(22)3)14-19-7-11-21(27)12-8-19/h5-13H,14-15H2,1-4H3,(H,28,33). The zero-order chi connectivity index (χ0) is 23.9. The molecule has 0 bridgehead atoms. The van der Waals surface area contributed by atoms with Crippen molar-refractivity contribution in [1.82, 2.24) is 14.8 Å². The number of imide groups is 1. The molecule has 1 unspecified atom stereocenters. The summed E-state index contributed by atoms with van der Waals surface area (Å²) in [5.41, 5.74) is 3.45. The van der Waals surface area contributed by atoms with E-state index < -0.39 is 17.5 Å². The molecule has 2 heterocycles. The van der Waals surface area contributed by atoms with Crippen LogP contribution in [-0.4, -0.2) is 33.7 Å². The fourth-order valence-electron chi connectivity index (χ4n) is 4.25. The summed E-state index contributed by atoms with van der Waals surface area (Å²) in [6.45, 7) is 7.45. The summed E-state index contributed by atoms with van der Waals surface area (Å²) in [5.74, 6) is -1.07. The van der Waals surface area contributed by atoms with Gasteiger partial charge in [0.2, 0.25) is 0 Å². The van der Waals surface area contributed by atoms with E-state index in [1.54, 1.807) is 25.1 Å².